The van der Waals surface area contributed by atoms with Crippen LogP contribution in [0.5, 0.6) is 0 Å². The van der Waals surface area contributed by atoms with Gasteiger partial charge in [-0.3, -0.25) is 9.88 Å². The minimum Gasteiger partial charge on any atom is -0.477 e. The van der Waals surface area contributed by atoms with Gasteiger partial charge in [-0.1, -0.05) is 6.07 Å². The summed E-state index contributed by atoms with van der Waals surface area (Å²) in [7, 11) is 1.98. The summed E-state index contributed by atoms with van der Waals surface area (Å²) in [5, 5.41) is 8.92. The van der Waals surface area contributed by atoms with Crippen molar-refractivity contribution in [1.82, 2.24) is 14.9 Å². The average Bonchev–Trinajstić information content (AvgIpc) is 2.38. The Morgan fingerprint density at radius 2 is 2.10 bits per heavy atom. The highest BCUT2D eigenvalue weighted by Gasteiger charge is 2.07. The molecule has 2 aromatic rings. The second kappa shape index (κ2) is 6.25. The van der Waals surface area contributed by atoms with Gasteiger partial charge in [0.2, 0.25) is 0 Å². The molecule has 0 bridgehead atoms. The van der Waals surface area contributed by atoms with Crippen LogP contribution in [0, 0.1) is 6.92 Å². The van der Waals surface area contributed by atoms with Crippen LogP contribution in [0.3, 0.4) is 0 Å². The monoisotopic (exact) mass is 271 g/mol. The van der Waals surface area contributed by atoms with E-state index in [1.165, 1.54) is 6.20 Å². The van der Waals surface area contributed by atoms with Crippen molar-refractivity contribution in [3.05, 3.63) is 59.2 Å². The fourth-order valence-electron chi connectivity index (χ4n) is 2.02. The van der Waals surface area contributed by atoms with Crippen LogP contribution in [-0.2, 0) is 13.1 Å². The molecule has 104 valence electrons. The lowest BCUT2D eigenvalue weighted by Gasteiger charge is -2.16. The van der Waals surface area contributed by atoms with Crippen molar-refractivity contribution in [2.75, 3.05) is 7.05 Å². The summed E-state index contributed by atoms with van der Waals surface area (Å²) in [6.45, 7) is 3.33. The largest absolute Gasteiger partial charge is 0.477 e. The molecule has 0 unspecified atom stereocenters. The van der Waals surface area contributed by atoms with Crippen LogP contribution < -0.4 is 0 Å². The van der Waals surface area contributed by atoms with Crippen molar-refractivity contribution in [2.45, 2.75) is 20.0 Å². The summed E-state index contributed by atoms with van der Waals surface area (Å²) in [5.41, 5.74) is 2.99. The van der Waals surface area contributed by atoms with Crippen molar-refractivity contribution >= 4 is 5.97 Å². The number of carboxylic acids is 1. The second-order valence-electron chi connectivity index (χ2n) is 4.80. The molecule has 1 N–H and O–H groups in total. The van der Waals surface area contributed by atoms with E-state index in [0.29, 0.717) is 13.1 Å². The van der Waals surface area contributed by atoms with E-state index in [2.05, 4.69) is 14.9 Å². The summed E-state index contributed by atoms with van der Waals surface area (Å²) < 4.78 is 0. The van der Waals surface area contributed by atoms with E-state index in [1.807, 2.05) is 38.2 Å². The molecule has 0 saturated carbocycles. The molecule has 0 saturated heterocycles. The van der Waals surface area contributed by atoms with Crippen LogP contribution in [0.25, 0.3) is 0 Å². The van der Waals surface area contributed by atoms with Crippen LogP contribution in [0.2, 0.25) is 0 Å². The van der Waals surface area contributed by atoms with E-state index < -0.39 is 5.97 Å². The van der Waals surface area contributed by atoms with E-state index in [4.69, 9.17) is 5.11 Å². The first kappa shape index (κ1) is 14.1. The highest BCUT2D eigenvalue weighted by molar-refractivity contribution is 5.85. The number of pyridine rings is 2. The fourth-order valence-corrected chi connectivity index (χ4v) is 2.02. The number of hydrogen-bond donors (Lipinski definition) is 1. The molecule has 0 aliphatic heterocycles. The SMILES string of the molecule is Cc1cccc(CN(C)Cc2ccnc(C(=O)O)c2)n1. The molecule has 0 aromatic carbocycles. The van der Waals surface area contributed by atoms with Gasteiger partial charge >= 0.3 is 5.97 Å². The van der Waals surface area contributed by atoms with Crippen molar-refractivity contribution in [2.24, 2.45) is 0 Å². The fraction of sp³-hybridized carbons (Fsp3) is 0.267. The van der Waals surface area contributed by atoms with Gasteiger partial charge in [0, 0.05) is 25.0 Å². The molecular weight excluding hydrogens is 254 g/mol. The van der Waals surface area contributed by atoms with Crippen molar-refractivity contribution in [3.8, 4) is 0 Å². The van der Waals surface area contributed by atoms with Gasteiger partial charge in [0.1, 0.15) is 5.69 Å². The summed E-state index contributed by atoms with van der Waals surface area (Å²) in [4.78, 5) is 21.2. The van der Waals surface area contributed by atoms with E-state index in [0.717, 1.165) is 17.0 Å². The molecule has 2 rings (SSSR count). The zero-order chi connectivity index (χ0) is 14.5. The zero-order valence-electron chi connectivity index (χ0n) is 11.6. The van der Waals surface area contributed by atoms with Gasteiger partial charge in [-0.05, 0) is 43.8 Å². The highest BCUT2D eigenvalue weighted by atomic mass is 16.4. The Balaban J connectivity index is 2.02. The molecule has 0 spiro atoms. The van der Waals surface area contributed by atoms with Gasteiger partial charge in [-0.15, -0.1) is 0 Å². The lowest BCUT2D eigenvalue weighted by Crippen LogP contribution is -2.18. The third kappa shape index (κ3) is 3.86. The average molecular weight is 271 g/mol. The Labute approximate surface area is 117 Å². The van der Waals surface area contributed by atoms with Crippen molar-refractivity contribution < 1.29 is 9.90 Å². The molecule has 0 radical (unpaired) electrons. The van der Waals surface area contributed by atoms with E-state index in [9.17, 15) is 4.79 Å². The van der Waals surface area contributed by atoms with Gasteiger partial charge in [-0.2, -0.15) is 0 Å². The molecule has 0 aliphatic carbocycles. The zero-order valence-corrected chi connectivity index (χ0v) is 11.6. The van der Waals surface area contributed by atoms with Crippen LogP contribution in [0.4, 0.5) is 0 Å². The second-order valence-corrected chi connectivity index (χ2v) is 4.80. The third-order valence-corrected chi connectivity index (χ3v) is 2.87. The number of hydrogen-bond acceptors (Lipinski definition) is 4. The van der Waals surface area contributed by atoms with Crippen LogP contribution >= 0.6 is 0 Å². The topological polar surface area (TPSA) is 66.3 Å². The molecule has 0 fully saturated rings. The smallest absolute Gasteiger partial charge is 0.354 e. The Kier molecular flexibility index (Phi) is 4.42. The normalized spacial score (nSPS) is 10.8. The molecule has 2 heterocycles. The number of nitrogens with zero attached hydrogens (tertiary/aromatic N) is 3. The Morgan fingerprint density at radius 3 is 2.80 bits per heavy atom. The number of aromatic carboxylic acids is 1. The predicted octanol–water partition coefficient (Wildman–Crippen LogP) is 2.12. The number of carboxylic acid groups (broad SMARTS) is 1. The number of carbonyl (C=O) groups is 1. The maximum atomic E-state index is 10.9. The van der Waals surface area contributed by atoms with E-state index >= 15 is 0 Å². The van der Waals surface area contributed by atoms with Gasteiger partial charge in [0.25, 0.3) is 0 Å². The molecule has 20 heavy (non-hydrogen) atoms. The number of aryl methyl sites for hydroxylation is 1. The first-order valence-corrected chi connectivity index (χ1v) is 6.34. The van der Waals surface area contributed by atoms with E-state index in [-0.39, 0.29) is 5.69 Å². The Morgan fingerprint density at radius 1 is 1.30 bits per heavy atom. The maximum absolute atomic E-state index is 10.9. The van der Waals surface area contributed by atoms with Crippen molar-refractivity contribution in [3.63, 3.8) is 0 Å². The number of rotatable bonds is 5. The number of aromatic nitrogens is 2. The molecule has 0 atom stereocenters. The highest BCUT2D eigenvalue weighted by Crippen LogP contribution is 2.08. The van der Waals surface area contributed by atoms with Gasteiger partial charge in [0.15, 0.2) is 0 Å². The summed E-state index contributed by atoms with van der Waals surface area (Å²) in [6, 6.07) is 9.36. The van der Waals surface area contributed by atoms with Gasteiger partial charge < -0.3 is 5.11 Å². The lowest BCUT2D eigenvalue weighted by atomic mass is 10.2. The molecule has 5 heteroatoms. The van der Waals surface area contributed by atoms with Gasteiger partial charge in [-0.25, -0.2) is 9.78 Å². The first-order valence-electron chi connectivity index (χ1n) is 6.34. The molecular formula is C15H17N3O2. The summed E-state index contributed by atoms with van der Waals surface area (Å²) in [5.74, 6) is -1.00. The Bertz CT molecular complexity index is 614. The van der Waals surface area contributed by atoms with Crippen LogP contribution in [0.15, 0.2) is 36.5 Å². The molecule has 5 nitrogen and oxygen atoms in total. The van der Waals surface area contributed by atoms with E-state index in [1.54, 1.807) is 6.07 Å². The molecule has 0 amide bonds. The standard InChI is InChI=1S/C15H17N3O2/c1-11-4-3-5-13(17-11)10-18(2)9-12-6-7-16-14(8-12)15(19)20/h3-8H,9-10H2,1-2H3,(H,19,20). The van der Waals surface area contributed by atoms with Crippen LogP contribution in [0.1, 0.15) is 27.4 Å². The van der Waals surface area contributed by atoms with Gasteiger partial charge in [0.05, 0.1) is 5.69 Å². The summed E-state index contributed by atoms with van der Waals surface area (Å²) >= 11 is 0. The Hall–Kier alpha value is -2.27. The molecule has 0 aliphatic rings. The maximum Gasteiger partial charge on any atom is 0.354 e. The minimum absolute atomic E-state index is 0.0737. The first-order chi connectivity index (χ1) is 9.54. The molecule has 2 aromatic heterocycles. The minimum atomic E-state index is -1.00. The lowest BCUT2D eigenvalue weighted by molar-refractivity contribution is 0.0690. The van der Waals surface area contributed by atoms with Crippen LogP contribution in [-0.4, -0.2) is 33.0 Å². The predicted molar refractivity (Wildman–Crippen MR) is 75.3 cm³/mol. The quantitative estimate of drug-likeness (QED) is 0.902. The van der Waals surface area contributed by atoms with Crippen molar-refractivity contribution in [1.29, 1.82) is 0 Å². The summed E-state index contributed by atoms with van der Waals surface area (Å²) in [6.07, 6.45) is 1.53. The third-order valence-electron chi connectivity index (χ3n) is 2.87.